The summed E-state index contributed by atoms with van der Waals surface area (Å²) < 4.78 is 0. The van der Waals surface area contributed by atoms with Gasteiger partial charge in [-0.15, -0.1) is 0 Å². The second-order valence-electron chi connectivity index (χ2n) is 8.66. The average Bonchev–Trinajstić information content (AvgIpc) is 2.90. The van der Waals surface area contributed by atoms with E-state index in [-0.39, 0.29) is 27.0 Å². The molecule has 0 radical (unpaired) electrons. The number of pyridine rings is 3. The Balaban J connectivity index is 0.000000168. The van der Waals surface area contributed by atoms with Gasteiger partial charge in [0.15, 0.2) is 0 Å². The molecular weight excluding hydrogens is 639 g/mol. The second-order valence-corrected chi connectivity index (χ2v) is 8.66. The predicted octanol–water partition coefficient (Wildman–Crippen LogP) is 6.41. The number of aromatic nitrogens is 3. The third-order valence-corrected chi connectivity index (χ3v) is 5.89. The molecule has 0 saturated carbocycles. The van der Waals surface area contributed by atoms with Crippen molar-refractivity contribution in [2.24, 2.45) is 21.8 Å². The van der Waals surface area contributed by atoms with Crippen LogP contribution in [0.4, 0.5) is 11.6 Å². The van der Waals surface area contributed by atoms with Crippen molar-refractivity contribution in [3.63, 3.8) is 0 Å². The molecule has 2 aliphatic rings. The van der Waals surface area contributed by atoms with E-state index < -0.39 is 0 Å². The molecule has 3 aromatic heterocycles. The minimum Gasteiger partial charge on any atom is -0.446 e. The van der Waals surface area contributed by atoms with Gasteiger partial charge in [0.25, 0.3) is 0 Å². The summed E-state index contributed by atoms with van der Waals surface area (Å²) in [5.41, 5.74) is 3.02. The Morgan fingerprint density at radius 2 is 1.49 bits per heavy atom. The minimum absolute atomic E-state index is 0. The first-order valence-electron chi connectivity index (χ1n) is 11.9. The number of amidine groups is 1. The maximum absolute atomic E-state index is 4.57. The van der Waals surface area contributed by atoms with Gasteiger partial charge in [0.2, 0.25) is 0 Å². The number of hydrogen-bond donors (Lipinski definition) is 0. The Labute approximate surface area is 231 Å². The molecule has 1 aliphatic carbocycles. The van der Waals surface area contributed by atoms with Crippen molar-refractivity contribution >= 4 is 28.2 Å². The topological polar surface area (TPSA) is 78.7 Å². The summed E-state index contributed by atoms with van der Waals surface area (Å²) in [5.74, 6) is 2.86. The quantitative estimate of drug-likeness (QED) is 0.248. The maximum atomic E-state index is 4.57. The fourth-order valence-electron chi connectivity index (χ4n) is 4.06. The van der Waals surface area contributed by atoms with Crippen LogP contribution in [-0.4, -0.2) is 15.8 Å². The first kappa shape index (κ1) is 26.2. The molecule has 6 nitrogen and oxygen atoms in total. The molecule has 2 atom stereocenters. The van der Waals surface area contributed by atoms with Gasteiger partial charge in [-0.1, -0.05) is 78.9 Å². The van der Waals surface area contributed by atoms with Crippen LogP contribution in [0.1, 0.15) is 11.1 Å². The van der Waals surface area contributed by atoms with Gasteiger partial charge in [-0.2, -0.15) is 0 Å². The zero-order chi connectivity index (χ0) is 24.7. The van der Waals surface area contributed by atoms with E-state index in [9.17, 15) is 0 Å². The van der Waals surface area contributed by atoms with E-state index in [1.165, 1.54) is 0 Å². The summed E-state index contributed by atoms with van der Waals surface area (Å²) in [6.07, 6.45) is 17.7. The second kappa shape index (κ2) is 12.4. The number of aryl methyl sites for hydroxylation is 2. The van der Waals surface area contributed by atoms with Gasteiger partial charge in [0.05, 0.1) is 11.6 Å². The van der Waals surface area contributed by atoms with Crippen LogP contribution in [0, 0.1) is 25.7 Å². The van der Waals surface area contributed by atoms with E-state index in [2.05, 4.69) is 66.7 Å². The molecular formula is C30H26N6Pt. The minimum atomic E-state index is 0. The van der Waals surface area contributed by atoms with Crippen LogP contribution in [0.2, 0.25) is 0 Å². The number of aliphatic imine (C=N–C) groups is 1. The standard InChI is InChI=1S/C15H14N3.C15H12N3.Pt/c2*1-11-6-8-16-14(10-11)18-15-13-5-3-2-4-12(13)7-9-17-15;/h2-10,12-13H,1H3;2-10H,1H3;/q2*-1;+2. The largest absolute Gasteiger partial charge is 2.00 e. The van der Waals surface area contributed by atoms with Gasteiger partial charge < -0.3 is 20.3 Å². The Kier molecular flexibility index (Phi) is 8.76. The molecule has 0 amide bonds. The molecule has 0 bridgehead atoms. The van der Waals surface area contributed by atoms with Crippen LogP contribution in [0.15, 0.2) is 120 Å². The van der Waals surface area contributed by atoms with Gasteiger partial charge in [-0.25, -0.2) is 0 Å². The smallest absolute Gasteiger partial charge is 0.446 e. The molecule has 4 heterocycles. The van der Waals surface area contributed by atoms with Gasteiger partial charge in [-0.05, 0) is 65.5 Å². The Morgan fingerprint density at radius 3 is 2.24 bits per heavy atom. The van der Waals surface area contributed by atoms with Crippen molar-refractivity contribution in [3.8, 4) is 0 Å². The summed E-state index contributed by atoms with van der Waals surface area (Å²) in [4.78, 5) is 21.9. The molecule has 7 heteroatoms. The van der Waals surface area contributed by atoms with Gasteiger partial charge in [-0.3, -0.25) is 9.97 Å². The zero-order valence-corrected chi connectivity index (χ0v) is 22.8. The fourth-order valence-corrected chi connectivity index (χ4v) is 4.06. The number of hydrogen-bond acceptors (Lipinski definition) is 4. The van der Waals surface area contributed by atoms with Crippen LogP contribution in [-0.2, 0) is 21.1 Å². The summed E-state index contributed by atoms with van der Waals surface area (Å²) >= 11 is 0. The number of nitrogens with zero attached hydrogens (tertiary/aromatic N) is 6. The molecule has 6 rings (SSSR count). The Bertz CT molecular complexity index is 1560. The molecule has 186 valence electrons. The van der Waals surface area contributed by atoms with Gasteiger partial charge in [0, 0.05) is 24.2 Å². The maximum Gasteiger partial charge on any atom is 2.00 e. The predicted molar refractivity (Wildman–Crippen MR) is 145 cm³/mol. The fraction of sp³-hybridized carbons (Fsp3) is 0.133. The van der Waals surface area contributed by atoms with Crippen molar-refractivity contribution in [3.05, 3.63) is 132 Å². The monoisotopic (exact) mass is 665 g/mol. The van der Waals surface area contributed by atoms with E-state index in [0.717, 1.165) is 33.6 Å². The normalized spacial score (nSPS) is 19.0. The van der Waals surface area contributed by atoms with Crippen molar-refractivity contribution < 1.29 is 21.1 Å². The summed E-state index contributed by atoms with van der Waals surface area (Å²) in [6, 6.07) is 17.9. The summed E-state index contributed by atoms with van der Waals surface area (Å²) in [7, 11) is 0. The van der Waals surface area contributed by atoms with Crippen LogP contribution >= 0.6 is 0 Å². The molecule has 1 aliphatic heterocycles. The molecule has 2 unspecified atom stereocenters. The number of allylic oxidation sites excluding steroid dienone is 4. The van der Waals surface area contributed by atoms with Crippen LogP contribution in [0.5, 0.6) is 0 Å². The zero-order valence-electron chi connectivity index (χ0n) is 20.5. The first-order chi connectivity index (χ1) is 17.7. The first-order valence-corrected chi connectivity index (χ1v) is 11.9. The van der Waals surface area contributed by atoms with Gasteiger partial charge >= 0.3 is 21.1 Å². The van der Waals surface area contributed by atoms with Crippen LogP contribution < -0.4 is 10.5 Å². The molecule has 37 heavy (non-hydrogen) atoms. The van der Waals surface area contributed by atoms with E-state index in [1.54, 1.807) is 18.6 Å². The molecule has 0 saturated heterocycles. The molecule has 0 N–H and O–H groups in total. The molecule has 1 aromatic carbocycles. The number of rotatable bonds is 2. The summed E-state index contributed by atoms with van der Waals surface area (Å²) in [6.45, 7) is 4.06. The number of benzene rings is 1. The molecule has 0 spiro atoms. The van der Waals surface area contributed by atoms with Crippen LogP contribution in [0.25, 0.3) is 16.1 Å². The van der Waals surface area contributed by atoms with Crippen molar-refractivity contribution in [2.45, 2.75) is 13.8 Å². The third kappa shape index (κ3) is 6.66. The van der Waals surface area contributed by atoms with E-state index in [0.29, 0.717) is 17.2 Å². The van der Waals surface area contributed by atoms with Crippen LogP contribution in [0.3, 0.4) is 0 Å². The Morgan fingerprint density at radius 1 is 0.784 bits per heavy atom. The molecule has 0 fully saturated rings. The van der Waals surface area contributed by atoms with Crippen molar-refractivity contribution in [1.29, 1.82) is 0 Å². The third-order valence-electron chi connectivity index (χ3n) is 5.89. The number of fused-ring (bicyclic) bond motifs is 2. The van der Waals surface area contributed by atoms with Crippen molar-refractivity contribution in [1.82, 2.24) is 15.0 Å². The van der Waals surface area contributed by atoms with E-state index >= 15 is 0 Å². The van der Waals surface area contributed by atoms with Gasteiger partial charge in [0.1, 0.15) is 0 Å². The summed E-state index contributed by atoms with van der Waals surface area (Å²) in [5, 5.41) is 6.57. The SMILES string of the molecule is Cc1ccnc(N=C2[N-]C=CC3C=CC=CC23)c1.Cc1ccnc(N=c2[n-]ccc3ccccc23)c1.[Pt+2]. The van der Waals surface area contributed by atoms with Crippen molar-refractivity contribution in [2.75, 3.05) is 0 Å². The Hall–Kier alpha value is -3.89. The van der Waals surface area contributed by atoms with E-state index in [4.69, 9.17) is 0 Å². The van der Waals surface area contributed by atoms with E-state index in [1.807, 2.05) is 68.6 Å². The average molecular weight is 666 g/mol. The molecule has 4 aromatic rings.